The van der Waals surface area contributed by atoms with Crippen LogP contribution in [0.1, 0.15) is 32.1 Å². The number of nitrogens with zero attached hydrogens (tertiary/aromatic N) is 3. The molecule has 3 rings (SSSR count). The number of nitrogens with two attached hydrogens (primary N) is 1. The molecule has 0 atom stereocenters. The smallest absolute Gasteiger partial charge is 0.242 e. The number of hydrogen-bond donors (Lipinski definition) is 1. The van der Waals surface area contributed by atoms with Crippen LogP contribution in [0.2, 0.25) is 10.0 Å². The van der Waals surface area contributed by atoms with E-state index in [2.05, 4.69) is 9.80 Å². The fourth-order valence-corrected chi connectivity index (χ4v) is 4.87. The highest BCUT2D eigenvalue weighted by Gasteiger charge is 2.39. The topological polar surface area (TPSA) is 52.8 Å². The fraction of sp³-hybridized carbons (Fsp3) is 0.667. The van der Waals surface area contributed by atoms with E-state index in [0.717, 1.165) is 64.1 Å². The van der Waals surface area contributed by atoms with Gasteiger partial charge in [-0.25, -0.2) is 0 Å². The first-order valence-corrected chi connectivity index (χ1v) is 11.0. The van der Waals surface area contributed by atoms with Crippen molar-refractivity contribution in [3.8, 4) is 0 Å². The first-order valence-electron chi connectivity index (χ1n) is 10.2. The van der Waals surface area contributed by atoms with Gasteiger partial charge in [-0.2, -0.15) is 0 Å². The molecule has 0 spiro atoms. The van der Waals surface area contributed by atoms with Gasteiger partial charge < -0.3 is 15.5 Å². The van der Waals surface area contributed by atoms with E-state index in [1.54, 1.807) is 19.0 Å². The molecule has 1 aromatic carbocycles. The third kappa shape index (κ3) is 5.92. The van der Waals surface area contributed by atoms with Crippen molar-refractivity contribution >= 4 is 47.2 Å². The molecule has 2 N–H and O–H groups in total. The lowest BCUT2D eigenvalue weighted by atomic mass is 9.75. The van der Waals surface area contributed by atoms with E-state index in [4.69, 9.17) is 28.9 Å². The van der Waals surface area contributed by atoms with Crippen molar-refractivity contribution in [3.63, 3.8) is 0 Å². The summed E-state index contributed by atoms with van der Waals surface area (Å²) in [6, 6.07) is 5.83. The second-order valence-electron chi connectivity index (χ2n) is 8.49. The minimum Gasteiger partial charge on any atom is -0.368 e. The molecule has 0 unspecified atom stereocenters. The van der Waals surface area contributed by atoms with Crippen molar-refractivity contribution in [1.82, 2.24) is 9.80 Å². The zero-order valence-corrected chi connectivity index (χ0v) is 19.7. The van der Waals surface area contributed by atoms with E-state index >= 15 is 0 Å². The molecule has 1 heterocycles. The molecular formula is C21H33Cl3N4O. The van der Waals surface area contributed by atoms with Crippen molar-refractivity contribution in [2.45, 2.75) is 37.6 Å². The van der Waals surface area contributed by atoms with Gasteiger partial charge in [-0.05, 0) is 56.7 Å². The molecule has 0 radical (unpaired) electrons. The molecule has 164 valence electrons. The largest absolute Gasteiger partial charge is 0.368 e. The number of carbonyl (C=O) groups excluding carboxylic acids is 1. The monoisotopic (exact) mass is 462 g/mol. The molecule has 1 aliphatic heterocycles. The highest BCUT2D eigenvalue weighted by Crippen LogP contribution is 2.34. The van der Waals surface area contributed by atoms with Crippen LogP contribution in [0.5, 0.6) is 0 Å². The Hall–Kier alpha value is -0.720. The van der Waals surface area contributed by atoms with Crippen LogP contribution in [0.3, 0.4) is 0 Å². The van der Waals surface area contributed by atoms with E-state index < -0.39 is 5.54 Å². The molecule has 2 fully saturated rings. The van der Waals surface area contributed by atoms with Crippen molar-refractivity contribution < 1.29 is 4.79 Å². The van der Waals surface area contributed by atoms with Gasteiger partial charge in [-0.1, -0.05) is 29.3 Å². The normalized spacial score (nSPS) is 25.4. The Kier molecular flexibility index (Phi) is 8.92. The Labute approximate surface area is 190 Å². The van der Waals surface area contributed by atoms with Gasteiger partial charge in [-0.15, -0.1) is 12.4 Å². The molecule has 1 saturated heterocycles. The zero-order chi connectivity index (χ0) is 20.3. The van der Waals surface area contributed by atoms with Gasteiger partial charge in [0.1, 0.15) is 0 Å². The van der Waals surface area contributed by atoms with Gasteiger partial charge in [0.05, 0.1) is 21.3 Å². The Morgan fingerprint density at radius 1 is 1.17 bits per heavy atom. The third-order valence-corrected chi connectivity index (χ3v) is 7.14. The number of piperazine rings is 1. The molecule has 2 aliphatic rings. The summed E-state index contributed by atoms with van der Waals surface area (Å²) in [5, 5.41) is 1.26. The van der Waals surface area contributed by atoms with Gasteiger partial charge >= 0.3 is 0 Å². The minimum atomic E-state index is -0.651. The summed E-state index contributed by atoms with van der Waals surface area (Å²) in [5.41, 5.74) is 6.75. The van der Waals surface area contributed by atoms with E-state index in [1.165, 1.54) is 6.42 Å². The molecular weight excluding hydrogens is 431 g/mol. The van der Waals surface area contributed by atoms with Crippen molar-refractivity contribution in [3.05, 3.63) is 28.2 Å². The summed E-state index contributed by atoms with van der Waals surface area (Å²) < 4.78 is 0. The zero-order valence-electron chi connectivity index (χ0n) is 17.4. The van der Waals surface area contributed by atoms with Crippen LogP contribution >= 0.6 is 35.6 Å². The van der Waals surface area contributed by atoms with E-state index in [1.807, 2.05) is 18.2 Å². The standard InChI is InChI=1S/C21H32Cl2N4O.ClH/c1-25(2)20(28)21(24)9-6-16(7-10-21)8-11-26-12-14-27(15-13-26)18-5-3-4-17(22)19(18)23;/h3-5,16H,6-15,24H2,1-2H3;1H. The number of halogens is 3. The van der Waals surface area contributed by atoms with E-state index in [9.17, 15) is 4.79 Å². The second-order valence-corrected chi connectivity index (χ2v) is 9.27. The van der Waals surface area contributed by atoms with Gasteiger partial charge in [0.25, 0.3) is 0 Å². The molecule has 1 amide bonds. The Morgan fingerprint density at radius 2 is 1.79 bits per heavy atom. The molecule has 1 saturated carbocycles. The first kappa shape index (κ1) is 24.5. The van der Waals surface area contributed by atoms with E-state index in [0.29, 0.717) is 16.0 Å². The molecule has 5 nitrogen and oxygen atoms in total. The lowest BCUT2D eigenvalue weighted by Gasteiger charge is -2.39. The van der Waals surface area contributed by atoms with Crippen molar-refractivity contribution in [1.29, 1.82) is 0 Å². The Morgan fingerprint density at radius 3 is 2.38 bits per heavy atom. The van der Waals surface area contributed by atoms with Crippen LogP contribution in [0, 0.1) is 5.92 Å². The molecule has 1 aromatic rings. The second kappa shape index (κ2) is 10.5. The molecule has 1 aliphatic carbocycles. The maximum Gasteiger partial charge on any atom is 0.242 e. The number of hydrogen-bond acceptors (Lipinski definition) is 4. The number of benzene rings is 1. The lowest BCUT2D eigenvalue weighted by Crippen LogP contribution is -2.55. The van der Waals surface area contributed by atoms with Crippen molar-refractivity contribution in [2.24, 2.45) is 11.7 Å². The number of carbonyl (C=O) groups is 1. The van der Waals surface area contributed by atoms with Crippen LogP contribution in [0.15, 0.2) is 18.2 Å². The summed E-state index contributed by atoms with van der Waals surface area (Å²) in [4.78, 5) is 18.8. The van der Waals surface area contributed by atoms with Crippen LogP contribution in [-0.2, 0) is 4.79 Å². The maximum atomic E-state index is 12.3. The fourth-order valence-electron chi connectivity index (χ4n) is 4.45. The summed E-state index contributed by atoms with van der Waals surface area (Å²) in [7, 11) is 3.58. The molecule has 0 aromatic heterocycles. The Bertz CT molecular complexity index is 685. The van der Waals surface area contributed by atoms with Crippen LogP contribution in [0.25, 0.3) is 0 Å². The van der Waals surface area contributed by atoms with Crippen LogP contribution in [0.4, 0.5) is 5.69 Å². The van der Waals surface area contributed by atoms with Gasteiger partial charge in [0.2, 0.25) is 5.91 Å². The maximum absolute atomic E-state index is 12.3. The van der Waals surface area contributed by atoms with Gasteiger partial charge in [0, 0.05) is 40.3 Å². The van der Waals surface area contributed by atoms with Crippen LogP contribution in [-0.4, -0.2) is 68.1 Å². The van der Waals surface area contributed by atoms with Crippen molar-refractivity contribution in [2.75, 3.05) is 51.7 Å². The number of amides is 1. The Balaban J connectivity index is 0.00000300. The van der Waals surface area contributed by atoms with E-state index in [-0.39, 0.29) is 18.3 Å². The summed E-state index contributed by atoms with van der Waals surface area (Å²) in [6.45, 7) is 5.12. The molecule has 8 heteroatoms. The number of anilines is 1. The lowest BCUT2D eigenvalue weighted by molar-refractivity contribution is -0.136. The number of likely N-dealkylation sites (N-methyl/N-ethyl adjacent to an activating group) is 1. The van der Waals surface area contributed by atoms with Gasteiger partial charge in [0.15, 0.2) is 0 Å². The predicted octanol–water partition coefficient (Wildman–Crippen LogP) is 3.90. The van der Waals surface area contributed by atoms with Gasteiger partial charge in [-0.3, -0.25) is 9.69 Å². The third-order valence-electron chi connectivity index (χ3n) is 6.33. The predicted molar refractivity (Wildman–Crippen MR) is 125 cm³/mol. The first-order chi connectivity index (χ1) is 13.3. The summed E-state index contributed by atoms with van der Waals surface area (Å²) >= 11 is 12.5. The number of rotatable bonds is 5. The molecule has 0 bridgehead atoms. The van der Waals surface area contributed by atoms with Crippen LogP contribution < -0.4 is 10.6 Å². The average Bonchev–Trinajstić information content (AvgIpc) is 2.69. The SMILES string of the molecule is CN(C)C(=O)C1(N)CCC(CCN2CCN(c3cccc(Cl)c3Cl)CC2)CC1.Cl. The average molecular weight is 464 g/mol. The summed E-state index contributed by atoms with van der Waals surface area (Å²) in [5.74, 6) is 0.744. The molecule has 29 heavy (non-hydrogen) atoms. The quantitative estimate of drug-likeness (QED) is 0.719. The minimum absolute atomic E-state index is 0. The summed E-state index contributed by atoms with van der Waals surface area (Å²) in [6.07, 6.45) is 4.89. The highest BCUT2D eigenvalue weighted by molar-refractivity contribution is 6.43. The highest BCUT2D eigenvalue weighted by atomic mass is 35.5.